The van der Waals surface area contributed by atoms with Gasteiger partial charge in [0.05, 0.1) is 10.2 Å². The van der Waals surface area contributed by atoms with Crippen LogP contribution in [0.15, 0.2) is 46.3 Å². The number of nitrogens with zero attached hydrogens (tertiary/aromatic N) is 1. The Kier molecular flexibility index (Phi) is 5.16. The van der Waals surface area contributed by atoms with E-state index in [4.69, 9.17) is 0 Å². The van der Waals surface area contributed by atoms with Crippen molar-refractivity contribution in [1.82, 2.24) is 4.90 Å². The zero-order valence-corrected chi connectivity index (χ0v) is 13.2. The van der Waals surface area contributed by atoms with E-state index in [9.17, 15) is 4.79 Å². The average molecular weight is 338 g/mol. The molecule has 0 fully saturated rings. The second-order valence-corrected chi connectivity index (χ2v) is 6.82. The topological polar surface area (TPSA) is 20.3 Å². The fourth-order valence-corrected chi connectivity index (χ4v) is 3.36. The first-order valence-corrected chi connectivity index (χ1v) is 7.86. The molecular formula is C15H16BrNOS. The van der Waals surface area contributed by atoms with E-state index < -0.39 is 0 Å². The molecule has 0 aliphatic carbocycles. The third-order valence-corrected chi connectivity index (χ3v) is 4.53. The van der Waals surface area contributed by atoms with Crippen LogP contribution in [0.3, 0.4) is 0 Å². The molecule has 0 saturated carbocycles. The number of rotatable bonds is 5. The molecule has 0 radical (unpaired) electrons. The monoisotopic (exact) mass is 337 g/mol. The summed E-state index contributed by atoms with van der Waals surface area (Å²) in [5.41, 5.74) is 1.17. The molecule has 0 atom stereocenters. The Labute approximate surface area is 126 Å². The van der Waals surface area contributed by atoms with Gasteiger partial charge in [0.1, 0.15) is 0 Å². The quantitative estimate of drug-likeness (QED) is 0.804. The van der Waals surface area contributed by atoms with Crippen molar-refractivity contribution in [3.05, 3.63) is 56.7 Å². The number of carbonyl (C=O) groups is 1. The first kappa shape index (κ1) is 14.3. The van der Waals surface area contributed by atoms with Crippen molar-refractivity contribution in [2.45, 2.75) is 19.9 Å². The Balaban J connectivity index is 1.99. The lowest BCUT2D eigenvalue weighted by Gasteiger charge is -2.20. The molecule has 1 aromatic heterocycles. The van der Waals surface area contributed by atoms with Crippen LogP contribution >= 0.6 is 27.3 Å². The average Bonchev–Trinajstić information content (AvgIpc) is 2.82. The lowest BCUT2D eigenvalue weighted by molar-refractivity contribution is -0.130. The van der Waals surface area contributed by atoms with E-state index in [1.54, 1.807) is 11.3 Å². The van der Waals surface area contributed by atoms with Crippen LogP contribution in [0.1, 0.15) is 17.4 Å². The van der Waals surface area contributed by atoms with Gasteiger partial charge in [-0.1, -0.05) is 30.3 Å². The molecule has 1 aromatic carbocycles. The smallest absolute Gasteiger partial charge is 0.228 e. The van der Waals surface area contributed by atoms with Crippen molar-refractivity contribution < 1.29 is 4.79 Å². The summed E-state index contributed by atoms with van der Waals surface area (Å²) in [5.74, 6) is 0.181. The van der Waals surface area contributed by atoms with Gasteiger partial charge in [-0.3, -0.25) is 4.79 Å². The minimum atomic E-state index is 0.181. The number of hydrogen-bond donors (Lipinski definition) is 0. The summed E-state index contributed by atoms with van der Waals surface area (Å²) in [4.78, 5) is 15.3. The van der Waals surface area contributed by atoms with E-state index in [2.05, 4.69) is 28.1 Å². The highest BCUT2D eigenvalue weighted by atomic mass is 79.9. The van der Waals surface area contributed by atoms with E-state index in [0.29, 0.717) is 13.0 Å². The van der Waals surface area contributed by atoms with Crippen LogP contribution in [0.2, 0.25) is 0 Å². The highest BCUT2D eigenvalue weighted by Crippen LogP contribution is 2.23. The molecule has 0 spiro atoms. The summed E-state index contributed by atoms with van der Waals surface area (Å²) < 4.78 is 1.07. The van der Waals surface area contributed by atoms with Gasteiger partial charge in [0, 0.05) is 18.0 Å². The second-order valence-electron chi connectivity index (χ2n) is 4.28. The maximum atomic E-state index is 12.3. The molecule has 0 bridgehead atoms. The van der Waals surface area contributed by atoms with Gasteiger partial charge in [0.15, 0.2) is 0 Å². The van der Waals surface area contributed by atoms with Crippen molar-refractivity contribution in [2.24, 2.45) is 0 Å². The van der Waals surface area contributed by atoms with Crippen molar-refractivity contribution >= 4 is 33.2 Å². The maximum Gasteiger partial charge on any atom is 0.228 e. The maximum absolute atomic E-state index is 12.3. The van der Waals surface area contributed by atoms with Crippen molar-refractivity contribution in [2.75, 3.05) is 6.54 Å². The highest BCUT2D eigenvalue weighted by molar-refractivity contribution is 9.11. The SMILES string of the molecule is CCN(Cc1ccccc1)C(=O)Cc1ccc(Br)s1. The van der Waals surface area contributed by atoms with Crippen molar-refractivity contribution in [3.8, 4) is 0 Å². The Morgan fingerprint density at radius 3 is 2.53 bits per heavy atom. The molecule has 0 saturated heterocycles. The van der Waals surface area contributed by atoms with E-state index >= 15 is 0 Å². The van der Waals surface area contributed by atoms with Crippen molar-refractivity contribution in [1.29, 1.82) is 0 Å². The molecule has 0 N–H and O–H groups in total. The summed E-state index contributed by atoms with van der Waals surface area (Å²) in [7, 11) is 0. The summed E-state index contributed by atoms with van der Waals surface area (Å²) in [6, 6.07) is 14.1. The van der Waals surface area contributed by atoms with E-state index in [0.717, 1.165) is 15.2 Å². The molecule has 100 valence electrons. The zero-order valence-electron chi connectivity index (χ0n) is 10.8. The molecule has 2 aromatic rings. The van der Waals surface area contributed by atoms with Crippen LogP contribution in [0, 0.1) is 0 Å². The number of likely N-dealkylation sites (N-methyl/N-ethyl adjacent to an activating group) is 1. The Morgan fingerprint density at radius 2 is 1.95 bits per heavy atom. The van der Waals surface area contributed by atoms with Gasteiger partial charge in [-0.05, 0) is 40.5 Å². The predicted molar refractivity (Wildman–Crippen MR) is 83.3 cm³/mol. The third kappa shape index (κ3) is 4.18. The highest BCUT2D eigenvalue weighted by Gasteiger charge is 2.13. The summed E-state index contributed by atoms with van der Waals surface area (Å²) in [6.45, 7) is 3.44. The van der Waals surface area contributed by atoms with Gasteiger partial charge in [-0.25, -0.2) is 0 Å². The van der Waals surface area contributed by atoms with Crippen molar-refractivity contribution in [3.63, 3.8) is 0 Å². The Morgan fingerprint density at radius 1 is 1.21 bits per heavy atom. The molecule has 19 heavy (non-hydrogen) atoms. The van der Waals surface area contributed by atoms with Crippen LogP contribution in [0.25, 0.3) is 0 Å². The van der Waals surface area contributed by atoms with Crippen LogP contribution in [-0.2, 0) is 17.8 Å². The third-order valence-electron chi connectivity index (χ3n) is 2.90. The second kappa shape index (κ2) is 6.87. The normalized spacial score (nSPS) is 10.4. The fraction of sp³-hybridized carbons (Fsp3) is 0.267. The van der Waals surface area contributed by atoms with Gasteiger partial charge in [0.2, 0.25) is 5.91 Å². The molecule has 4 heteroatoms. The van der Waals surface area contributed by atoms with Gasteiger partial charge >= 0.3 is 0 Å². The standard InChI is InChI=1S/C15H16BrNOS/c1-2-17(11-12-6-4-3-5-7-12)15(18)10-13-8-9-14(16)19-13/h3-9H,2,10-11H2,1H3. The largest absolute Gasteiger partial charge is 0.338 e. The number of carbonyl (C=O) groups excluding carboxylic acids is 1. The van der Waals surface area contributed by atoms with Crippen LogP contribution in [-0.4, -0.2) is 17.4 Å². The van der Waals surface area contributed by atoms with Gasteiger partial charge in [0.25, 0.3) is 0 Å². The summed E-state index contributed by atoms with van der Waals surface area (Å²) >= 11 is 5.04. The predicted octanol–water partition coefficient (Wildman–Crippen LogP) is 4.10. The molecule has 0 unspecified atom stereocenters. The van der Waals surface area contributed by atoms with Crippen LogP contribution in [0.5, 0.6) is 0 Å². The molecule has 0 aliphatic rings. The first-order chi connectivity index (χ1) is 9.19. The zero-order chi connectivity index (χ0) is 13.7. The minimum absolute atomic E-state index is 0.181. The Bertz CT molecular complexity index is 538. The van der Waals surface area contributed by atoms with Crippen LogP contribution < -0.4 is 0 Å². The van der Waals surface area contributed by atoms with Crippen LogP contribution in [0.4, 0.5) is 0 Å². The van der Waals surface area contributed by atoms with E-state index in [1.165, 1.54) is 5.56 Å². The van der Waals surface area contributed by atoms with Gasteiger partial charge in [-0.15, -0.1) is 11.3 Å². The molecule has 1 amide bonds. The lowest BCUT2D eigenvalue weighted by Crippen LogP contribution is -2.31. The summed E-state index contributed by atoms with van der Waals surface area (Å²) in [6.07, 6.45) is 0.483. The lowest BCUT2D eigenvalue weighted by atomic mass is 10.2. The first-order valence-electron chi connectivity index (χ1n) is 6.25. The molecule has 1 heterocycles. The fourth-order valence-electron chi connectivity index (χ4n) is 1.89. The summed E-state index contributed by atoms with van der Waals surface area (Å²) in [5, 5.41) is 0. The number of hydrogen-bond acceptors (Lipinski definition) is 2. The number of amides is 1. The van der Waals surface area contributed by atoms with E-state index in [-0.39, 0.29) is 5.91 Å². The molecule has 2 nitrogen and oxygen atoms in total. The van der Waals surface area contributed by atoms with Gasteiger partial charge < -0.3 is 4.90 Å². The number of thiophene rings is 1. The number of benzene rings is 1. The minimum Gasteiger partial charge on any atom is -0.338 e. The van der Waals surface area contributed by atoms with E-state index in [1.807, 2.05) is 42.2 Å². The Hall–Kier alpha value is -1.13. The molecule has 0 aliphatic heterocycles. The number of halogens is 1. The molecular weight excluding hydrogens is 322 g/mol. The molecule has 2 rings (SSSR count). The van der Waals surface area contributed by atoms with Gasteiger partial charge in [-0.2, -0.15) is 0 Å².